The molecule has 120 valence electrons. The van der Waals surface area contributed by atoms with E-state index in [4.69, 9.17) is 16.3 Å². The Kier molecular flexibility index (Phi) is 3.77. The molecule has 3 aromatic rings. The predicted octanol–water partition coefficient (Wildman–Crippen LogP) is 3.96. The van der Waals surface area contributed by atoms with Crippen LogP contribution in [0, 0.1) is 0 Å². The summed E-state index contributed by atoms with van der Waals surface area (Å²) in [5.74, 6) is -0.187. The molecule has 9 heteroatoms. The van der Waals surface area contributed by atoms with Gasteiger partial charge in [-0.15, -0.1) is 13.2 Å². The molecule has 3 rings (SSSR count). The van der Waals surface area contributed by atoms with Crippen LogP contribution in [-0.2, 0) is 0 Å². The number of hydrogen-bond acceptors (Lipinski definition) is 4. The molecule has 0 radical (unpaired) electrons. The van der Waals surface area contributed by atoms with Crippen molar-refractivity contribution in [1.82, 2.24) is 14.6 Å². The molecule has 5 nitrogen and oxygen atoms in total. The van der Waals surface area contributed by atoms with Gasteiger partial charge >= 0.3 is 6.36 Å². The van der Waals surface area contributed by atoms with Gasteiger partial charge in [0.25, 0.3) is 0 Å². The van der Waals surface area contributed by atoms with Crippen LogP contribution >= 0.6 is 11.6 Å². The lowest BCUT2D eigenvalue weighted by atomic mass is 10.1. The minimum atomic E-state index is -4.77. The first-order valence-corrected chi connectivity index (χ1v) is 6.69. The van der Waals surface area contributed by atoms with E-state index in [2.05, 4.69) is 14.8 Å². The number of methoxy groups -OCH3 is 1. The van der Waals surface area contributed by atoms with Crippen LogP contribution in [-0.4, -0.2) is 28.1 Å². The van der Waals surface area contributed by atoms with Crippen molar-refractivity contribution in [3.05, 3.63) is 41.7 Å². The summed E-state index contributed by atoms with van der Waals surface area (Å²) < 4.78 is 47.4. The van der Waals surface area contributed by atoms with Crippen molar-refractivity contribution in [3.63, 3.8) is 0 Å². The number of ether oxygens (including phenoxy) is 2. The second kappa shape index (κ2) is 5.62. The summed E-state index contributed by atoms with van der Waals surface area (Å²) in [4.78, 5) is 4.17. The van der Waals surface area contributed by atoms with Crippen LogP contribution in [0.15, 0.2) is 36.5 Å². The lowest BCUT2D eigenvalue weighted by Gasteiger charge is -2.12. The minimum Gasteiger partial charge on any atom is -0.496 e. The average Bonchev–Trinajstić information content (AvgIpc) is 2.88. The van der Waals surface area contributed by atoms with Gasteiger partial charge in [-0.25, -0.2) is 9.50 Å². The SMILES string of the molecule is COc1cc(OC(F)(F)F)ccc1-c1cnc2ccc(Cl)nn12. The zero-order valence-electron chi connectivity index (χ0n) is 11.6. The Labute approximate surface area is 133 Å². The van der Waals surface area contributed by atoms with Crippen LogP contribution < -0.4 is 9.47 Å². The molecule has 0 amide bonds. The highest BCUT2D eigenvalue weighted by molar-refractivity contribution is 6.29. The molecule has 0 aliphatic rings. The average molecular weight is 344 g/mol. The molecule has 0 aliphatic heterocycles. The Hall–Kier alpha value is -2.48. The molecule has 0 spiro atoms. The summed E-state index contributed by atoms with van der Waals surface area (Å²) in [5, 5.41) is 4.38. The van der Waals surface area contributed by atoms with Gasteiger partial charge in [-0.2, -0.15) is 5.10 Å². The van der Waals surface area contributed by atoms with Gasteiger partial charge in [0.1, 0.15) is 16.7 Å². The first kappa shape index (κ1) is 15.4. The van der Waals surface area contributed by atoms with E-state index in [1.807, 2.05) is 0 Å². The smallest absolute Gasteiger partial charge is 0.496 e. The molecular formula is C14H9ClF3N3O2. The van der Waals surface area contributed by atoms with Crippen LogP contribution in [0.2, 0.25) is 5.15 Å². The van der Waals surface area contributed by atoms with Crippen molar-refractivity contribution < 1.29 is 22.6 Å². The molecule has 0 atom stereocenters. The number of rotatable bonds is 3. The second-order valence-electron chi connectivity index (χ2n) is 4.48. The van der Waals surface area contributed by atoms with Crippen molar-refractivity contribution >= 4 is 17.2 Å². The number of alkyl halides is 3. The van der Waals surface area contributed by atoms with Gasteiger partial charge in [0, 0.05) is 11.6 Å². The first-order chi connectivity index (χ1) is 10.9. The Morgan fingerprint density at radius 1 is 1.17 bits per heavy atom. The molecule has 0 unspecified atom stereocenters. The summed E-state index contributed by atoms with van der Waals surface area (Å²) in [6.07, 6.45) is -3.24. The van der Waals surface area contributed by atoms with Crippen molar-refractivity contribution in [2.75, 3.05) is 7.11 Å². The Morgan fingerprint density at radius 3 is 2.65 bits per heavy atom. The van der Waals surface area contributed by atoms with E-state index in [9.17, 15) is 13.2 Å². The summed E-state index contributed by atoms with van der Waals surface area (Å²) in [6.45, 7) is 0. The van der Waals surface area contributed by atoms with E-state index < -0.39 is 6.36 Å². The maximum absolute atomic E-state index is 12.3. The van der Waals surface area contributed by atoms with Gasteiger partial charge < -0.3 is 9.47 Å². The van der Waals surface area contributed by atoms with E-state index in [1.54, 1.807) is 12.1 Å². The highest BCUT2D eigenvalue weighted by Crippen LogP contribution is 2.35. The number of hydrogen-bond donors (Lipinski definition) is 0. The van der Waals surface area contributed by atoms with Gasteiger partial charge in [0.15, 0.2) is 5.65 Å². The molecule has 0 saturated heterocycles. The van der Waals surface area contributed by atoms with Gasteiger partial charge in [-0.1, -0.05) is 11.6 Å². The van der Waals surface area contributed by atoms with Crippen LogP contribution in [0.1, 0.15) is 0 Å². The van der Waals surface area contributed by atoms with E-state index in [-0.39, 0.29) is 16.7 Å². The van der Waals surface area contributed by atoms with Gasteiger partial charge in [-0.3, -0.25) is 0 Å². The standard InChI is InChI=1S/C14H9ClF3N3O2/c1-22-11-6-8(23-14(16,17)18)2-3-9(11)10-7-19-13-5-4-12(15)20-21(10)13/h2-7H,1H3. The highest BCUT2D eigenvalue weighted by atomic mass is 35.5. The van der Waals surface area contributed by atoms with Crippen LogP contribution in [0.25, 0.3) is 16.9 Å². The fourth-order valence-corrected chi connectivity index (χ4v) is 2.25. The Morgan fingerprint density at radius 2 is 1.96 bits per heavy atom. The number of halogens is 4. The molecule has 0 N–H and O–H groups in total. The third-order valence-electron chi connectivity index (χ3n) is 3.01. The normalized spacial score (nSPS) is 11.7. The largest absolute Gasteiger partial charge is 0.573 e. The summed E-state index contributed by atoms with van der Waals surface area (Å²) in [5.41, 5.74) is 1.57. The third kappa shape index (κ3) is 3.16. The topological polar surface area (TPSA) is 48.7 Å². The molecule has 23 heavy (non-hydrogen) atoms. The second-order valence-corrected chi connectivity index (χ2v) is 4.87. The lowest BCUT2D eigenvalue weighted by molar-refractivity contribution is -0.274. The van der Waals surface area contributed by atoms with E-state index in [0.29, 0.717) is 16.9 Å². The van der Waals surface area contributed by atoms with Crippen LogP contribution in [0.5, 0.6) is 11.5 Å². The summed E-state index contributed by atoms with van der Waals surface area (Å²) in [7, 11) is 1.35. The monoisotopic (exact) mass is 343 g/mol. The third-order valence-corrected chi connectivity index (χ3v) is 3.21. The zero-order chi connectivity index (χ0) is 16.6. The van der Waals surface area contributed by atoms with Crippen LogP contribution in [0.3, 0.4) is 0 Å². The quantitative estimate of drug-likeness (QED) is 0.722. The molecule has 2 aromatic heterocycles. The van der Waals surface area contributed by atoms with Gasteiger partial charge in [-0.05, 0) is 24.3 Å². The molecule has 1 aromatic carbocycles. The Balaban J connectivity index is 2.09. The van der Waals surface area contributed by atoms with Gasteiger partial charge in [0.2, 0.25) is 0 Å². The Bertz CT molecular complexity index is 864. The number of aromatic nitrogens is 3. The first-order valence-electron chi connectivity index (χ1n) is 6.32. The van der Waals surface area contributed by atoms with E-state index in [0.717, 1.165) is 6.07 Å². The molecule has 0 fully saturated rings. The minimum absolute atomic E-state index is 0.190. The fourth-order valence-electron chi connectivity index (χ4n) is 2.11. The maximum Gasteiger partial charge on any atom is 0.573 e. The summed E-state index contributed by atoms with van der Waals surface area (Å²) in [6, 6.07) is 7.03. The molecular weight excluding hydrogens is 335 g/mol. The van der Waals surface area contributed by atoms with E-state index >= 15 is 0 Å². The number of benzene rings is 1. The molecule has 0 aliphatic carbocycles. The molecule has 0 saturated carbocycles. The van der Waals surface area contributed by atoms with Crippen molar-refractivity contribution in [2.45, 2.75) is 6.36 Å². The lowest BCUT2D eigenvalue weighted by Crippen LogP contribution is -2.17. The van der Waals surface area contributed by atoms with Crippen molar-refractivity contribution in [2.24, 2.45) is 0 Å². The zero-order valence-corrected chi connectivity index (χ0v) is 12.4. The maximum atomic E-state index is 12.3. The number of fused-ring (bicyclic) bond motifs is 1. The molecule has 0 bridgehead atoms. The van der Waals surface area contributed by atoms with Gasteiger partial charge in [0.05, 0.1) is 19.0 Å². The highest BCUT2D eigenvalue weighted by Gasteiger charge is 2.31. The van der Waals surface area contributed by atoms with E-state index in [1.165, 1.54) is 30.0 Å². The van der Waals surface area contributed by atoms with Crippen molar-refractivity contribution in [3.8, 4) is 22.8 Å². The molecule has 2 heterocycles. The van der Waals surface area contributed by atoms with Crippen molar-refractivity contribution in [1.29, 1.82) is 0 Å². The fraction of sp³-hybridized carbons (Fsp3) is 0.143. The predicted molar refractivity (Wildman–Crippen MR) is 76.7 cm³/mol. The van der Waals surface area contributed by atoms with Crippen LogP contribution in [0.4, 0.5) is 13.2 Å². The number of imidazole rings is 1. The number of nitrogens with zero attached hydrogens (tertiary/aromatic N) is 3. The summed E-state index contributed by atoms with van der Waals surface area (Å²) >= 11 is 5.87.